The molecule has 33 heavy (non-hydrogen) atoms. The molecule has 0 aliphatic heterocycles. The number of amides is 2. The van der Waals surface area contributed by atoms with Gasteiger partial charge in [-0.1, -0.05) is 60.7 Å². The number of nitrogens with zero attached hydrogens (tertiary/aromatic N) is 2. The van der Waals surface area contributed by atoms with Gasteiger partial charge in [-0.2, -0.15) is 0 Å². The molecule has 7 nitrogen and oxygen atoms in total. The highest BCUT2D eigenvalue weighted by atomic mass is 16.6. The zero-order valence-electron chi connectivity index (χ0n) is 19.9. The molecule has 0 fully saturated rings. The Morgan fingerprint density at radius 2 is 1.45 bits per heavy atom. The lowest BCUT2D eigenvalue weighted by Crippen LogP contribution is -2.38. The van der Waals surface area contributed by atoms with Crippen molar-refractivity contribution >= 4 is 18.0 Å². The van der Waals surface area contributed by atoms with Crippen molar-refractivity contribution in [2.75, 3.05) is 20.6 Å². The molecule has 2 rings (SSSR count). The zero-order chi connectivity index (χ0) is 24.2. The lowest BCUT2D eigenvalue weighted by Gasteiger charge is -2.23. The smallest absolute Gasteiger partial charge is 0.410 e. The van der Waals surface area contributed by atoms with Gasteiger partial charge in [0.05, 0.1) is 0 Å². The van der Waals surface area contributed by atoms with E-state index < -0.39 is 18.2 Å². The van der Waals surface area contributed by atoms with Crippen LogP contribution in [0.4, 0.5) is 4.79 Å². The normalized spacial score (nSPS) is 11.5. The highest BCUT2D eigenvalue weighted by Crippen LogP contribution is 2.12. The van der Waals surface area contributed by atoms with Crippen molar-refractivity contribution in [2.45, 2.75) is 51.9 Å². The van der Waals surface area contributed by atoms with Gasteiger partial charge in [0.2, 0.25) is 12.0 Å². The highest BCUT2D eigenvalue weighted by Gasteiger charge is 2.27. The number of ether oxygens (including phenoxy) is 2. The molecule has 0 unspecified atom stereocenters. The van der Waals surface area contributed by atoms with E-state index in [-0.39, 0.29) is 25.0 Å². The third kappa shape index (κ3) is 8.96. The van der Waals surface area contributed by atoms with Gasteiger partial charge in [-0.15, -0.1) is 0 Å². The second-order valence-electron chi connectivity index (χ2n) is 8.28. The summed E-state index contributed by atoms with van der Waals surface area (Å²) in [6, 6.07) is 18.8. The predicted octanol–water partition coefficient (Wildman–Crippen LogP) is 4.06. The van der Waals surface area contributed by atoms with Crippen LogP contribution in [0.5, 0.6) is 0 Å². The largest absolute Gasteiger partial charge is 0.458 e. The molecule has 0 aliphatic carbocycles. The van der Waals surface area contributed by atoms with Crippen LogP contribution >= 0.6 is 0 Å². The average molecular weight is 455 g/mol. The zero-order valence-corrected chi connectivity index (χ0v) is 19.9. The van der Waals surface area contributed by atoms with Crippen molar-refractivity contribution < 1.29 is 23.9 Å². The Morgan fingerprint density at radius 1 is 0.879 bits per heavy atom. The Labute approximate surface area is 196 Å². The van der Waals surface area contributed by atoms with E-state index in [1.807, 2.05) is 74.5 Å². The van der Waals surface area contributed by atoms with Crippen LogP contribution in [0.3, 0.4) is 0 Å². The second-order valence-corrected chi connectivity index (χ2v) is 8.28. The maximum atomic E-state index is 12.8. The molecule has 0 heterocycles. The summed E-state index contributed by atoms with van der Waals surface area (Å²) in [5, 5.41) is 0. The Kier molecular flexibility index (Phi) is 10.4. The van der Waals surface area contributed by atoms with Crippen molar-refractivity contribution in [1.82, 2.24) is 9.80 Å². The van der Waals surface area contributed by atoms with E-state index in [1.165, 1.54) is 4.90 Å². The van der Waals surface area contributed by atoms with Crippen LogP contribution in [-0.2, 0) is 32.1 Å². The first kappa shape index (κ1) is 25.9. The molecular weight excluding hydrogens is 420 g/mol. The van der Waals surface area contributed by atoms with Gasteiger partial charge in [0.15, 0.2) is 0 Å². The maximum absolute atomic E-state index is 12.8. The average Bonchev–Trinajstić information content (AvgIpc) is 2.82. The van der Waals surface area contributed by atoms with Gasteiger partial charge in [-0.25, -0.2) is 9.59 Å². The molecule has 0 N–H and O–H groups in total. The Bertz CT molecular complexity index is 886. The summed E-state index contributed by atoms with van der Waals surface area (Å²) in [6.07, 6.45) is -0.648. The molecule has 2 amide bonds. The number of rotatable bonds is 11. The van der Waals surface area contributed by atoms with E-state index in [1.54, 1.807) is 19.0 Å². The minimum absolute atomic E-state index is 0.0261. The van der Waals surface area contributed by atoms with Crippen LogP contribution in [0.1, 0.15) is 37.8 Å². The van der Waals surface area contributed by atoms with Gasteiger partial charge in [-0.05, 0) is 31.4 Å². The van der Waals surface area contributed by atoms with Crippen LogP contribution in [0.2, 0.25) is 0 Å². The standard InChI is InChI=1S/C26H34N2O5/c1-20(2)28(4)24(29)16-11-17-27(3)26(31)33-23(18-21-12-7-5-8-13-21)25(30)32-19-22-14-9-6-10-15-22/h5-10,12-15,20,23H,11,16-19H2,1-4H3/t23-/m0/s1. The van der Waals surface area contributed by atoms with Crippen LogP contribution in [0.25, 0.3) is 0 Å². The van der Waals surface area contributed by atoms with Crippen molar-refractivity contribution in [1.29, 1.82) is 0 Å². The molecule has 7 heteroatoms. The summed E-state index contributed by atoms with van der Waals surface area (Å²) in [7, 11) is 3.36. The minimum atomic E-state index is -1.07. The van der Waals surface area contributed by atoms with Crippen molar-refractivity contribution in [3.63, 3.8) is 0 Å². The number of hydrogen-bond donors (Lipinski definition) is 0. The van der Waals surface area contributed by atoms with Crippen molar-refractivity contribution in [3.8, 4) is 0 Å². The summed E-state index contributed by atoms with van der Waals surface area (Å²) < 4.78 is 10.9. The molecular formula is C26H34N2O5. The van der Waals surface area contributed by atoms with Gasteiger partial charge < -0.3 is 19.3 Å². The molecule has 0 saturated carbocycles. The fraction of sp³-hybridized carbons (Fsp3) is 0.423. The first-order chi connectivity index (χ1) is 15.8. The van der Waals surface area contributed by atoms with Gasteiger partial charge in [0, 0.05) is 39.5 Å². The fourth-order valence-corrected chi connectivity index (χ4v) is 3.06. The number of carbonyl (C=O) groups is 3. The molecule has 0 saturated heterocycles. The number of carbonyl (C=O) groups excluding carboxylic acids is 3. The van der Waals surface area contributed by atoms with Gasteiger partial charge in [0.25, 0.3) is 0 Å². The van der Waals surface area contributed by atoms with Crippen LogP contribution in [-0.4, -0.2) is 60.6 Å². The fourth-order valence-electron chi connectivity index (χ4n) is 3.06. The summed E-state index contributed by atoms with van der Waals surface area (Å²) >= 11 is 0. The summed E-state index contributed by atoms with van der Waals surface area (Å²) in [6.45, 7) is 4.34. The summed E-state index contributed by atoms with van der Waals surface area (Å²) in [5.74, 6) is -0.573. The molecule has 0 aromatic heterocycles. The predicted molar refractivity (Wildman–Crippen MR) is 126 cm³/mol. The van der Waals surface area contributed by atoms with Crippen LogP contribution < -0.4 is 0 Å². The maximum Gasteiger partial charge on any atom is 0.410 e. The first-order valence-corrected chi connectivity index (χ1v) is 11.2. The molecule has 2 aromatic carbocycles. The molecule has 0 aliphatic rings. The van der Waals surface area contributed by atoms with E-state index in [4.69, 9.17) is 9.47 Å². The molecule has 0 radical (unpaired) electrons. The van der Waals surface area contributed by atoms with E-state index in [9.17, 15) is 14.4 Å². The van der Waals surface area contributed by atoms with Gasteiger partial charge in [-0.3, -0.25) is 4.79 Å². The first-order valence-electron chi connectivity index (χ1n) is 11.2. The quantitative estimate of drug-likeness (QED) is 0.479. The Balaban J connectivity index is 1.94. The molecule has 0 bridgehead atoms. The third-order valence-electron chi connectivity index (χ3n) is 5.36. The molecule has 1 atom stereocenters. The van der Waals surface area contributed by atoms with E-state index in [2.05, 4.69) is 0 Å². The number of benzene rings is 2. The molecule has 0 spiro atoms. The minimum Gasteiger partial charge on any atom is -0.458 e. The van der Waals surface area contributed by atoms with E-state index in [0.29, 0.717) is 19.4 Å². The van der Waals surface area contributed by atoms with Gasteiger partial charge >= 0.3 is 12.1 Å². The lowest BCUT2D eigenvalue weighted by molar-refractivity contribution is -0.155. The third-order valence-corrected chi connectivity index (χ3v) is 5.36. The SMILES string of the molecule is CC(C)N(C)C(=O)CCCN(C)C(=O)O[C@@H](Cc1ccccc1)C(=O)OCc1ccccc1. The van der Waals surface area contributed by atoms with Crippen molar-refractivity contribution in [2.24, 2.45) is 0 Å². The Morgan fingerprint density at radius 3 is 2.03 bits per heavy atom. The van der Waals surface area contributed by atoms with E-state index in [0.717, 1.165) is 11.1 Å². The summed E-state index contributed by atoms with van der Waals surface area (Å²) in [5.41, 5.74) is 1.71. The number of esters is 1. The second kappa shape index (κ2) is 13.3. The summed E-state index contributed by atoms with van der Waals surface area (Å²) in [4.78, 5) is 40.6. The highest BCUT2D eigenvalue weighted by molar-refractivity contribution is 5.79. The van der Waals surface area contributed by atoms with Gasteiger partial charge in [0.1, 0.15) is 6.61 Å². The molecule has 2 aromatic rings. The van der Waals surface area contributed by atoms with E-state index >= 15 is 0 Å². The topological polar surface area (TPSA) is 76.2 Å². The van der Waals surface area contributed by atoms with Crippen LogP contribution in [0.15, 0.2) is 60.7 Å². The molecule has 178 valence electrons. The lowest BCUT2D eigenvalue weighted by atomic mass is 10.1. The number of hydrogen-bond acceptors (Lipinski definition) is 5. The monoisotopic (exact) mass is 454 g/mol. The Hall–Kier alpha value is -3.35. The van der Waals surface area contributed by atoms with Crippen molar-refractivity contribution in [3.05, 3.63) is 71.8 Å². The van der Waals surface area contributed by atoms with Crippen LogP contribution in [0, 0.1) is 0 Å².